The third kappa shape index (κ3) is 3.95. The van der Waals surface area contributed by atoms with E-state index in [-0.39, 0.29) is 11.9 Å². The van der Waals surface area contributed by atoms with Crippen LogP contribution in [-0.4, -0.2) is 40.5 Å². The predicted octanol–water partition coefficient (Wildman–Crippen LogP) is 2.43. The molecular formula is C21H26N4O2. The zero-order valence-corrected chi connectivity index (χ0v) is 15.8. The summed E-state index contributed by atoms with van der Waals surface area (Å²) in [6.07, 6.45) is 5.19. The average molecular weight is 366 g/mol. The Bertz CT molecular complexity index is 806. The highest BCUT2D eigenvalue weighted by molar-refractivity contribution is 5.79. The van der Waals surface area contributed by atoms with Crippen LogP contribution in [0.15, 0.2) is 30.5 Å². The number of hydrogen-bond donors (Lipinski definition) is 1. The van der Waals surface area contributed by atoms with Crippen LogP contribution in [0.5, 0.6) is 5.75 Å². The van der Waals surface area contributed by atoms with Crippen LogP contribution < -0.4 is 10.1 Å². The lowest BCUT2D eigenvalue weighted by molar-refractivity contribution is -0.131. The lowest BCUT2D eigenvalue weighted by Crippen LogP contribution is -2.33. The van der Waals surface area contributed by atoms with Crippen molar-refractivity contribution in [3.05, 3.63) is 53.1 Å². The number of carbonyl (C=O) groups excluding carboxylic acids is 1. The van der Waals surface area contributed by atoms with Crippen molar-refractivity contribution in [3.63, 3.8) is 0 Å². The van der Waals surface area contributed by atoms with Gasteiger partial charge in [0.15, 0.2) is 5.82 Å². The Morgan fingerprint density at radius 2 is 2.19 bits per heavy atom. The third-order valence-electron chi connectivity index (χ3n) is 5.29. The molecule has 1 aromatic carbocycles. The lowest BCUT2D eigenvalue weighted by atomic mass is 10.1. The third-order valence-corrected chi connectivity index (χ3v) is 5.29. The summed E-state index contributed by atoms with van der Waals surface area (Å²) >= 11 is 0. The van der Waals surface area contributed by atoms with E-state index in [2.05, 4.69) is 10.3 Å². The van der Waals surface area contributed by atoms with Crippen LogP contribution in [0.4, 0.5) is 0 Å². The first-order valence-electron chi connectivity index (χ1n) is 9.81. The topological polar surface area (TPSA) is 67.3 Å². The molecule has 0 unspecified atom stereocenters. The van der Waals surface area contributed by atoms with E-state index >= 15 is 0 Å². The zero-order chi connectivity index (χ0) is 18.6. The highest BCUT2D eigenvalue weighted by Gasteiger charge is 2.32. The summed E-state index contributed by atoms with van der Waals surface area (Å²) in [6, 6.07) is 7.79. The van der Waals surface area contributed by atoms with Crippen LogP contribution in [0.1, 0.15) is 48.5 Å². The first kappa shape index (κ1) is 17.9. The first-order chi connectivity index (χ1) is 13.2. The fraction of sp³-hybridized carbons (Fsp3) is 0.476. The quantitative estimate of drug-likeness (QED) is 0.880. The Morgan fingerprint density at radius 3 is 3.00 bits per heavy atom. The van der Waals surface area contributed by atoms with Crippen molar-refractivity contribution < 1.29 is 9.53 Å². The molecular weight excluding hydrogens is 340 g/mol. The molecule has 27 heavy (non-hydrogen) atoms. The molecule has 0 saturated carbocycles. The highest BCUT2D eigenvalue weighted by atomic mass is 16.5. The Hall–Kier alpha value is -2.47. The van der Waals surface area contributed by atoms with Gasteiger partial charge < -0.3 is 15.0 Å². The number of nitrogens with zero attached hydrogens (tertiary/aromatic N) is 3. The van der Waals surface area contributed by atoms with Gasteiger partial charge in [0, 0.05) is 43.5 Å². The van der Waals surface area contributed by atoms with Crippen molar-refractivity contribution in [1.82, 2.24) is 20.2 Å². The number of carbonyl (C=O) groups is 1. The fourth-order valence-electron chi connectivity index (χ4n) is 3.89. The van der Waals surface area contributed by atoms with E-state index in [4.69, 9.17) is 9.72 Å². The molecule has 142 valence electrons. The van der Waals surface area contributed by atoms with Gasteiger partial charge in [-0.25, -0.2) is 9.97 Å². The molecule has 3 heterocycles. The molecule has 0 aliphatic carbocycles. The van der Waals surface area contributed by atoms with Crippen LogP contribution in [0.25, 0.3) is 0 Å². The summed E-state index contributed by atoms with van der Waals surface area (Å²) in [5.41, 5.74) is 3.31. The maximum atomic E-state index is 12.9. The maximum absolute atomic E-state index is 12.9. The Labute approximate surface area is 160 Å². The number of benzene rings is 1. The van der Waals surface area contributed by atoms with Gasteiger partial charge in [0.2, 0.25) is 5.91 Å². The monoisotopic (exact) mass is 366 g/mol. The Morgan fingerprint density at radius 1 is 1.33 bits per heavy atom. The van der Waals surface area contributed by atoms with Crippen LogP contribution in [0.3, 0.4) is 0 Å². The molecule has 4 rings (SSSR count). The van der Waals surface area contributed by atoms with E-state index in [1.54, 1.807) is 0 Å². The second-order valence-electron chi connectivity index (χ2n) is 7.13. The Kier molecular flexibility index (Phi) is 5.34. The van der Waals surface area contributed by atoms with Gasteiger partial charge in [0.1, 0.15) is 5.75 Å². The highest BCUT2D eigenvalue weighted by Crippen LogP contribution is 2.31. The molecule has 1 atom stereocenters. The van der Waals surface area contributed by atoms with E-state index in [9.17, 15) is 4.79 Å². The van der Waals surface area contributed by atoms with Gasteiger partial charge in [0.25, 0.3) is 0 Å². The van der Waals surface area contributed by atoms with Crippen LogP contribution in [-0.2, 0) is 24.2 Å². The number of amides is 1. The molecule has 0 bridgehead atoms. The second-order valence-corrected chi connectivity index (χ2v) is 7.13. The molecule has 1 N–H and O–H groups in total. The molecule has 2 aromatic rings. The number of ether oxygens (including phenoxy) is 1. The second kappa shape index (κ2) is 8.05. The molecule has 1 saturated heterocycles. The zero-order valence-electron chi connectivity index (χ0n) is 15.8. The number of aromatic nitrogens is 2. The van der Waals surface area contributed by atoms with E-state index in [0.29, 0.717) is 13.0 Å². The molecule has 6 heteroatoms. The molecule has 1 fully saturated rings. The van der Waals surface area contributed by atoms with E-state index in [0.717, 1.165) is 61.7 Å². The predicted molar refractivity (Wildman–Crippen MR) is 102 cm³/mol. The minimum atomic E-state index is 0.000355. The van der Waals surface area contributed by atoms with Gasteiger partial charge in [-0.15, -0.1) is 0 Å². The smallest absolute Gasteiger partial charge is 0.227 e. The summed E-state index contributed by atoms with van der Waals surface area (Å²) in [4.78, 5) is 24.3. The molecule has 6 nitrogen and oxygen atoms in total. The maximum Gasteiger partial charge on any atom is 0.227 e. The molecule has 1 amide bonds. The standard InChI is InChI=1S/C21H26N4O2/c1-2-27-17-7-5-15(6-8-17)12-20(26)25-11-3-4-19(25)21-23-14-16-13-22-10-9-18(16)24-21/h5-8,14,19,22H,2-4,9-13H2,1H3/t19-/m1/s1. The largest absolute Gasteiger partial charge is 0.494 e. The fourth-order valence-corrected chi connectivity index (χ4v) is 3.89. The number of fused-ring (bicyclic) bond motifs is 1. The summed E-state index contributed by atoms with van der Waals surface area (Å²) in [5.74, 6) is 1.78. The SMILES string of the molecule is CCOc1ccc(CC(=O)N2CCC[C@@H]2c2ncc3c(n2)CCNC3)cc1. The van der Waals surface area contributed by atoms with E-state index in [1.165, 1.54) is 5.56 Å². The summed E-state index contributed by atoms with van der Waals surface area (Å²) in [6.45, 7) is 5.17. The van der Waals surface area contributed by atoms with Crippen molar-refractivity contribution in [3.8, 4) is 5.75 Å². The van der Waals surface area contributed by atoms with Crippen LogP contribution in [0, 0.1) is 0 Å². The minimum absolute atomic E-state index is 0.000355. The lowest BCUT2D eigenvalue weighted by Gasteiger charge is -2.25. The summed E-state index contributed by atoms with van der Waals surface area (Å²) in [7, 11) is 0. The van der Waals surface area contributed by atoms with Crippen molar-refractivity contribution in [1.29, 1.82) is 0 Å². The van der Waals surface area contributed by atoms with Crippen molar-refractivity contribution >= 4 is 5.91 Å². The van der Waals surface area contributed by atoms with Gasteiger partial charge >= 0.3 is 0 Å². The van der Waals surface area contributed by atoms with Crippen LogP contribution in [0.2, 0.25) is 0 Å². The number of likely N-dealkylation sites (tertiary alicyclic amines) is 1. The average Bonchev–Trinajstić information content (AvgIpc) is 3.19. The van der Waals surface area contributed by atoms with Crippen molar-refractivity contribution in [2.75, 3.05) is 19.7 Å². The molecule has 2 aliphatic heterocycles. The molecule has 1 aromatic heterocycles. The normalized spacial score (nSPS) is 19.0. The minimum Gasteiger partial charge on any atom is -0.494 e. The van der Waals surface area contributed by atoms with Gasteiger partial charge in [-0.2, -0.15) is 0 Å². The van der Waals surface area contributed by atoms with Crippen LogP contribution >= 0.6 is 0 Å². The molecule has 0 radical (unpaired) electrons. The van der Waals surface area contributed by atoms with Crippen molar-refractivity contribution in [2.45, 2.75) is 45.2 Å². The van der Waals surface area contributed by atoms with Gasteiger partial charge in [-0.1, -0.05) is 12.1 Å². The number of hydrogen-bond acceptors (Lipinski definition) is 5. The van der Waals surface area contributed by atoms with Gasteiger partial charge in [0.05, 0.1) is 19.1 Å². The summed E-state index contributed by atoms with van der Waals surface area (Å²) in [5, 5.41) is 3.34. The Balaban J connectivity index is 1.46. The summed E-state index contributed by atoms with van der Waals surface area (Å²) < 4.78 is 5.47. The van der Waals surface area contributed by atoms with E-state index < -0.39 is 0 Å². The van der Waals surface area contributed by atoms with Crippen molar-refractivity contribution in [2.24, 2.45) is 0 Å². The molecule has 0 spiro atoms. The van der Waals surface area contributed by atoms with Gasteiger partial charge in [-0.05, 0) is 37.5 Å². The molecule has 2 aliphatic rings. The number of nitrogens with one attached hydrogen (secondary N) is 1. The van der Waals surface area contributed by atoms with E-state index in [1.807, 2.05) is 42.3 Å². The van der Waals surface area contributed by atoms with Gasteiger partial charge in [-0.3, -0.25) is 4.79 Å². The first-order valence-corrected chi connectivity index (χ1v) is 9.81. The number of rotatable bonds is 5.